The Balaban J connectivity index is 2.33. The van der Waals surface area contributed by atoms with Gasteiger partial charge < -0.3 is 5.73 Å². The van der Waals surface area contributed by atoms with Crippen molar-refractivity contribution in [3.05, 3.63) is 43.0 Å². The molecule has 0 radical (unpaired) electrons. The molecule has 0 unspecified atom stereocenters. The number of nitrogens with two attached hydrogens (primary N) is 1. The summed E-state index contributed by atoms with van der Waals surface area (Å²) in [5, 5.41) is 4.91. The maximum Gasteiger partial charge on any atom is 0.135 e. The van der Waals surface area contributed by atoms with E-state index in [4.69, 9.17) is 17.3 Å². The number of hydrogen-bond donors (Lipinski definition) is 1. The molecule has 3 nitrogen and oxygen atoms in total. The first-order chi connectivity index (χ1) is 7.58. The number of aromatic nitrogens is 2. The number of rotatable bonds is 2. The van der Waals surface area contributed by atoms with Crippen LogP contribution in [0.5, 0.6) is 0 Å². The molecule has 2 N–H and O–H groups in total. The Morgan fingerprint density at radius 3 is 2.88 bits per heavy atom. The first-order valence-electron chi connectivity index (χ1n) is 4.48. The summed E-state index contributed by atoms with van der Waals surface area (Å²) in [6.07, 6.45) is 1.74. The molecule has 0 atom stereocenters. The smallest absolute Gasteiger partial charge is 0.135 e. The molecule has 0 aliphatic carbocycles. The van der Waals surface area contributed by atoms with Gasteiger partial charge in [0.2, 0.25) is 0 Å². The van der Waals surface area contributed by atoms with Crippen molar-refractivity contribution < 1.29 is 0 Å². The zero-order chi connectivity index (χ0) is 11.7. The topological polar surface area (TPSA) is 43.8 Å². The Morgan fingerprint density at radius 2 is 2.25 bits per heavy atom. The Hall–Kier alpha value is -0.270. The van der Waals surface area contributed by atoms with Gasteiger partial charge in [-0.3, -0.25) is 0 Å². The maximum absolute atomic E-state index is 5.94. The predicted octanol–water partition coefficient (Wildman–Crippen LogP) is 3.53. The van der Waals surface area contributed by atoms with Gasteiger partial charge in [0.15, 0.2) is 0 Å². The van der Waals surface area contributed by atoms with E-state index in [0.717, 1.165) is 13.6 Å². The highest BCUT2D eigenvalue weighted by atomic mass is 127. The van der Waals surface area contributed by atoms with Crippen LogP contribution < -0.4 is 5.73 Å². The fraction of sp³-hybridized carbons (Fsp3) is 0.100. The van der Waals surface area contributed by atoms with E-state index in [1.807, 2.05) is 18.2 Å². The van der Waals surface area contributed by atoms with Crippen LogP contribution in [0.1, 0.15) is 5.56 Å². The van der Waals surface area contributed by atoms with Crippen molar-refractivity contribution in [3.63, 3.8) is 0 Å². The second-order valence-corrected chi connectivity index (χ2v) is 5.72. The third-order valence-electron chi connectivity index (χ3n) is 2.16. The van der Waals surface area contributed by atoms with Gasteiger partial charge in [-0.1, -0.05) is 27.5 Å². The summed E-state index contributed by atoms with van der Waals surface area (Å²) in [5.74, 6) is 0.674. The normalized spacial score (nSPS) is 10.7. The Labute approximate surface area is 120 Å². The number of benzene rings is 1. The van der Waals surface area contributed by atoms with E-state index in [2.05, 4.69) is 43.6 Å². The SMILES string of the molecule is Nc1c(I)cnn1Cc1cc(Cl)ccc1Br. The van der Waals surface area contributed by atoms with Crippen molar-refractivity contribution in [2.24, 2.45) is 0 Å². The van der Waals surface area contributed by atoms with Crippen molar-refractivity contribution in [2.75, 3.05) is 5.73 Å². The van der Waals surface area contributed by atoms with E-state index >= 15 is 0 Å². The first kappa shape index (κ1) is 12.2. The molecule has 0 aliphatic rings. The molecule has 1 heterocycles. The van der Waals surface area contributed by atoms with Gasteiger partial charge in [-0.25, -0.2) is 4.68 Å². The van der Waals surface area contributed by atoms with Crippen molar-refractivity contribution >= 4 is 55.9 Å². The van der Waals surface area contributed by atoms with Crippen LogP contribution in [0.4, 0.5) is 5.82 Å². The maximum atomic E-state index is 5.94. The van der Waals surface area contributed by atoms with E-state index < -0.39 is 0 Å². The fourth-order valence-corrected chi connectivity index (χ4v) is 2.29. The minimum atomic E-state index is 0.607. The van der Waals surface area contributed by atoms with E-state index in [9.17, 15) is 0 Å². The summed E-state index contributed by atoms with van der Waals surface area (Å²) >= 11 is 11.6. The van der Waals surface area contributed by atoms with Gasteiger partial charge in [0.25, 0.3) is 0 Å². The molecule has 2 rings (SSSR count). The molecule has 16 heavy (non-hydrogen) atoms. The van der Waals surface area contributed by atoms with Gasteiger partial charge in [0.05, 0.1) is 16.3 Å². The molecule has 0 bridgehead atoms. The Morgan fingerprint density at radius 1 is 1.50 bits per heavy atom. The molecule has 84 valence electrons. The highest BCUT2D eigenvalue weighted by Crippen LogP contribution is 2.23. The standard InChI is InChI=1S/C10H8BrClIN3/c11-8-2-1-7(12)3-6(8)5-16-10(14)9(13)4-15-16/h1-4H,5,14H2. The summed E-state index contributed by atoms with van der Waals surface area (Å²) in [4.78, 5) is 0. The molecule has 2 aromatic rings. The second-order valence-electron chi connectivity index (χ2n) is 3.27. The Bertz CT molecular complexity index is 527. The van der Waals surface area contributed by atoms with Gasteiger partial charge in [-0.2, -0.15) is 5.10 Å². The molecular weight excluding hydrogens is 404 g/mol. The number of nitrogen functional groups attached to an aromatic ring is 1. The minimum absolute atomic E-state index is 0.607. The highest BCUT2D eigenvalue weighted by Gasteiger charge is 2.07. The lowest BCUT2D eigenvalue weighted by atomic mass is 10.2. The fourth-order valence-electron chi connectivity index (χ4n) is 1.32. The van der Waals surface area contributed by atoms with Gasteiger partial charge in [0, 0.05) is 9.50 Å². The van der Waals surface area contributed by atoms with Crippen molar-refractivity contribution in [2.45, 2.75) is 6.54 Å². The zero-order valence-electron chi connectivity index (χ0n) is 8.12. The van der Waals surface area contributed by atoms with Crippen LogP contribution in [-0.2, 0) is 6.54 Å². The lowest BCUT2D eigenvalue weighted by Gasteiger charge is -2.07. The van der Waals surface area contributed by atoms with E-state index in [1.54, 1.807) is 10.9 Å². The molecule has 0 fully saturated rings. The number of nitrogens with zero attached hydrogens (tertiary/aromatic N) is 2. The highest BCUT2D eigenvalue weighted by molar-refractivity contribution is 14.1. The summed E-state index contributed by atoms with van der Waals surface area (Å²) in [5.41, 5.74) is 6.94. The summed E-state index contributed by atoms with van der Waals surface area (Å²) in [7, 11) is 0. The number of anilines is 1. The number of hydrogen-bond acceptors (Lipinski definition) is 2. The first-order valence-corrected chi connectivity index (χ1v) is 6.73. The molecular formula is C10H8BrClIN3. The van der Waals surface area contributed by atoms with Crippen LogP contribution in [-0.4, -0.2) is 9.78 Å². The van der Waals surface area contributed by atoms with E-state index in [-0.39, 0.29) is 0 Å². The predicted molar refractivity (Wildman–Crippen MR) is 77.6 cm³/mol. The van der Waals surface area contributed by atoms with Crippen molar-refractivity contribution in [1.82, 2.24) is 9.78 Å². The van der Waals surface area contributed by atoms with Crippen LogP contribution >= 0.6 is 50.1 Å². The second kappa shape index (κ2) is 4.93. The van der Waals surface area contributed by atoms with Crippen LogP contribution in [0.3, 0.4) is 0 Å². The van der Waals surface area contributed by atoms with Crippen LogP contribution in [0, 0.1) is 3.57 Å². The van der Waals surface area contributed by atoms with Crippen molar-refractivity contribution in [1.29, 1.82) is 0 Å². The summed E-state index contributed by atoms with van der Waals surface area (Å²) < 4.78 is 3.70. The zero-order valence-corrected chi connectivity index (χ0v) is 12.6. The van der Waals surface area contributed by atoms with Crippen LogP contribution in [0.15, 0.2) is 28.9 Å². The lowest BCUT2D eigenvalue weighted by Crippen LogP contribution is -2.06. The molecule has 0 saturated heterocycles. The molecule has 0 spiro atoms. The van der Waals surface area contributed by atoms with Crippen LogP contribution in [0.25, 0.3) is 0 Å². The van der Waals surface area contributed by atoms with Gasteiger partial charge in [-0.05, 0) is 46.4 Å². The van der Waals surface area contributed by atoms with Crippen LogP contribution in [0.2, 0.25) is 5.02 Å². The molecule has 6 heteroatoms. The van der Waals surface area contributed by atoms with Gasteiger partial charge in [-0.15, -0.1) is 0 Å². The minimum Gasteiger partial charge on any atom is -0.383 e. The molecule has 0 amide bonds. The third-order valence-corrected chi connectivity index (χ3v) is 4.00. The average molecular weight is 412 g/mol. The van der Waals surface area contributed by atoms with Gasteiger partial charge >= 0.3 is 0 Å². The molecule has 1 aromatic carbocycles. The third kappa shape index (κ3) is 2.52. The largest absolute Gasteiger partial charge is 0.383 e. The number of halogens is 3. The average Bonchev–Trinajstić information content (AvgIpc) is 2.55. The van der Waals surface area contributed by atoms with Gasteiger partial charge in [0.1, 0.15) is 5.82 Å². The summed E-state index contributed by atoms with van der Waals surface area (Å²) in [6, 6.07) is 5.66. The monoisotopic (exact) mass is 411 g/mol. The molecule has 0 aliphatic heterocycles. The van der Waals surface area contributed by atoms with Crippen molar-refractivity contribution in [3.8, 4) is 0 Å². The summed E-state index contributed by atoms with van der Waals surface area (Å²) in [6.45, 7) is 0.607. The Kier molecular flexibility index (Phi) is 3.76. The molecule has 0 saturated carbocycles. The molecule has 1 aromatic heterocycles. The lowest BCUT2D eigenvalue weighted by molar-refractivity contribution is 0.695. The van der Waals surface area contributed by atoms with E-state index in [0.29, 0.717) is 17.4 Å². The quantitative estimate of drug-likeness (QED) is 0.767. The van der Waals surface area contributed by atoms with E-state index in [1.165, 1.54) is 0 Å².